The Labute approximate surface area is 206 Å². The van der Waals surface area contributed by atoms with Gasteiger partial charge in [0.1, 0.15) is 5.65 Å². The van der Waals surface area contributed by atoms with Gasteiger partial charge in [0.05, 0.1) is 5.69 Å². The average Bonchev–Trinajstić information content (AvgIpc) is 3.35. The van der Waals surface area contributed by atoms with Crippen molar-refractivity contribution in [1.29, 1.82) is 0 Å². The number of benzene rings is 3. The van der Waals surface area contributed by atoms with Crippen molar-refractivity contribution in [3.63, 3.8) is 0 Å². The summed E-state index contributed by atoms with van der Waals surface area (Å²) in [6.07, 6.45) is 5.14. The van der Waals surface area contributed by atoms with E-state index >= 15 is 0 Å². The average molecular weight is 460 g/mol. The standard InChI is InChI=1S/C31H29N3O/c35-31(33(24-26-14-6-2-7-15-26)21-19-25-12-4-1-5-13-25)22-28(27-16-8-3-9-17-27)29-23-32-30-18-10-11-20-34(29)30/h1-18,20,23,28H,19,21-22,24H2. The van der Waals surface area contributed by atoms with E-state index in [-0.39, 0.29) is 11.8 Å². The maximum Gasteiger partial charge on any atom is 0.223 e. The van der Waals surface area contributed by atoms with Crippen LogP contribution in [0.25, 0.3) is 5.65 Å². The Morgan fingerprint density at radius 3 is 2.11 bits per heavy atom. The van der Waals surface area contributed by atoms with E-state index in [0.717, 1.165) is 28.9 Å². The second-order valence-corrected chi connectivity index (χ2v) is 8.82. The van der Waals surface area contributed by atoms with Crippen molar-refractivity contribution < 1.29 is 4.79 Å². The zero-order valence-electron chi connectivity index (χ0n) is 19.7. The zero-order valence-corrected chi connectivity index (χ0v) is 19.7. The fourth-order valence-electron chi connectivity index (χ4n) is 4.60. The van der Waals surface area contributed by atoms with Crippen LogP contribution in [-0.2, 0) is 17.8 Å². The molecule has 5 rings (SSSR count). The second kappa shape index (κ2) is 10.8. The first-order chi connectivity index (χ1) is 17.3. The highest BCUT2D eigenvalue weighted by Gasteiger charge is 2.25. The minimum Gasteiger partial charge on any atom is -0.338 e. The first-order valence-corrected chi connectivity index (χ1v) is 12.1. The molecule has 174 valence electrons. The first kappa shape index (κ1) is 22.6. The molecular formula is C31H29N3O. The monoisotopic (exact) mass is 459 g/mol. The van der Waals surface area contributed by atoms with Crippen molar-refractivity contribution in [3.05, 3.63) is 144 Å². The lowest BCUT2D eigenvalue weighted by atomic mass is 9.92. The van der Waals surface area contributed by atoms with Gasteiger partial charge in [0.25, 0.3) is 0 Å². The number of carbonyl (C=O) groups is 1. The van der Waals surface area contributed by atoms with E-state index in [4.69, 9.17) is 0 Å². The Bertz CT molecular complexity index is 1360. The topological polar surface area (TPSA) is 37.6 Å². The van der Waals surface area contributed by atoms with Gasteiger partial charge >= 0.3 is 0 Å². The molecule has 4 heteroatoms. The molecule has 0 aliphatic carbocycles. The number of nitrogens with zero attached hydrogens (tertiary/aromatic N) is 3. The quantitative estimate of drug-likeness (QED) is 0.266. The molecule has 1 amide bonds. The van der Waals surface area contributed by atoms with Gasteiger partial charge in [0, 0.05) is 37.8 Å². The summed E-state index contributed by atoms with van der Waals surface area (Å²) < 4.78 is 2.09. The van der Waals surface area contributed by atoms with Crippen LogP contribution in [0.2, 0.25) is 0 Å². The van der Waals surface area contributed by atoms with Crippen LogP contribution in [-0.4, -0.2) is 26.7 Å². The van der Waals surface area contributed by atoms with E-state index in [1.54, 1.807) is 0 Å². The van der Waals surface area contributed by atoms with Gasteiger partial charge in [-0.25, -0.2) is 4.98 Å². The minimum absolute atomic E-state index is 0.0869. The summed E-state index contributed by atoms with van der Waals surface area (Å²) in [7, 11) is 0. The van der Waals surface area contributed by atoms with Crippen molar-refractivity contribution in [2.75, 3.05) is 6.54 Å². The molecule has 5 aromatic rings. The summed E-state index contributed by atoms with van der Waals surface area (Å²) in [4.78, 5) is 20.5. The molecule has 35 heavy (non-hydrogen) atoms. The highest BCUT2D eigenvalue weighted by atomic mass is 16.2. The smallest absolute Gasteiger partial charge is 0.223 e. The van der Waals surface area contributed by atoms with Crippen LogP contribution < -0.4 is 0 Å². The highest BCUT2D eigenvalue weighted by molar-refractivity contribution is 5.78. The largest absolute Gasteiger partial charge is 0.338 e. The van der Waals surface area contributed by atoms with Gasteiger partial charge in [-0.1, -0.05) is 97.1 Å². The van der Waals surface area contributed by atoms with Crippen molar-refractivity contribution in [2.24, 2.45) is 0 Å². The maximum absolute atomic E-state index is 13.9. The Morgan fingerprint density at radius 2 is 1.40 bits per heavy atom. The number of aromatic nitrogens is 2. The molecule has 3 aromatic carbocycles. The fourth-order valence-corrected chi connectivity index (χ4v) is 4.60. The van der Waals surface area contributed by atoms with Crippen LogP contribution in [0.3, 0.4) is 0 Å². The lowest BCUT2D eigenvalue weighted by molar-refractivity contribution is -0.132. The van der Waals surface area contributed by atoms with Crippen LogP contribution in [0.1, 0.15) is 34.7 Å². The predicted molar refractivity (Wildman–Crippen MR) is 140 cm³/mol. The molecule has 0 saturated carbocycles. The normalized spacial score (nSPS) is 11.9. The third-order valence-corrected chi connectivity index (χ3v) is 6.47. The van der Waals surface area contributed by atoms with Crippen molar-refractivity contribution in [2.45, 2.75) is 25.3 Å². The van der Waals surface area contributed by atoms with E-state index < -0.39 is 0 Å². The number of hydrogen-bond acceptors (Lipinski definition) is 2. The zero-order chi connectivity index (χ0) is 23.9. The molecule has 0 radical (unpaired) electrons. The van der Waals surface area contributed by atoms with Gasteiger partial charge in [-0.05, 0) is 35.2 Å². The SMILES string of the molecule is O=C(CC(c1ccccc1)c1cnc2ccccn12)N(CCc1ccccc1)Cc1ccccc1. The number of imidazole rings is 1. The van der Waals surface area contributed by atoms with E-state index in [1.807, 2.05) is 78.0 Å². The number of pyridine rings is 1. The van der Waals surface area contributed by atoms with Crippen LogP contribution in [0.4, 0.5) is 0 Å². The number of hydrogen-bond donors (Lipinski definition) is 0. The Balaban J connectivity index is 1.44. The summed E-state index contributed by atoms with van der Waals surface area (Å²) in [5.41, 5.74) is 5.41. The number of rotatable bonds is 9. The molecule has 2 heterocycles. The summed E-state index contributed by atoms with van der Waals surface area (Å²) in [5, 5.41) is 0. The van der Waals surface area contributed by atoms with Crippen molar-refractivity contribution in [1.82, 2.24) is 14.3 Å². The lowest BCUT2D eigenvalue weighted by Gasteiger charge is -2.26. The third kappa shape index (κ3) is 5.49. The minimum atomic E-state index is -0.0869. The number of amides is 1. The molecule has 1 atom stereocenters. The van der Waals surface area contributed by atoms with Crippen LogP contribution in [0.15, 0.2) is 122 Å². The van der Waals surface area contributed by atoms with Crippen LogP contribution >= 0.6 is 0 Å². The molecule has 4 nitrogen and oxygen atoms in total. The van der Waals surface area contributed by atoms with E-state index in [0.29, 0.717) is 19.5 Å². The summed E-state index contributed by atoms with van der Waals surface area (Å²) in [6, 6.07) is 36.9. The van der Waals surface area contributed by atoms with Crippen LogP contribution in [0, 0.1) is 0 Å². The molecule has 2 aromatic heterocycles. The van der Waals surface area contributed by atoms with E-state index in [1.165, 1.54) is 5.56 Å². The molecule has 0 saturated heterocycles. The first-order valence-electron chi connectivity index (χ1n) is 12.1. The van der Waals surface area contributed by atoms with Crippen molar-refractivity contribution in [3.8, 4) is 0 Å². The summed E-state index contributed by atoms with van der Waals surface area (Å²) in [6.45, 7) is 1.27. The Hall–Kier alpha value is -4.18. The van der Waals surface area contributed by atoms with Gasteiger partial charge < -0.3 is 9.30 Å². The molecule has 0 aliphatic rings. The molecule has 0 bridgehead atoms. The van der Waals surface area contributed by atoms with Gasteiger partial charge in [-0.2, -0.15) is 0 Å². The Morgan fingerprint density at radius 1 is 0.771 bits per heavy atom. The molecule has 0 fully saturated rings. The number of carbonyl (C=O) groups excluding carboxylic acids is 1. The highest BCUT2D eigenvalue weighted by Crippen LogP contribution is 2.29. The lowest BCUT2D eigenvalue weighted by Crippen LogP contribution is -2.33. The van der Waals surface area contributed by atoms with Gasteiger partial charge in [-0.15, -0.1) is 0 Å². The van der Waals surface area contributed by atoms with E-state index in [2.05, 4.69) is 57.9 Å². The summed E-state index contributed by atoms with van der Waals surface area (Å²) >= 11 is 0. The van der Waals surface area contributed by atoms with Crippen LogP contribution in [0.5, 0.6) is 0 Å². The summed E-state index contributed by atoms with van der Waals surface area (Å²) in [5.74, 6) is 0.0561. The third-order valence-electron chi connectivity index (χ3n) is 6.47. The van der Waals surface area contributed by atoms with Gasteiger partial charge in [0.2, 0.25) is 5.91 Å². The fraction of sp³-hybridized carbons (Fsp3) is 0.161. The second-order valence-electron chi connectivity index (χ2n) is 8.82. The van der Waals surface area contributed by atoms with Gasteiger partial charge in [-0.3, -0.25) is 4.79 Å². The molecule has 1 unspecified atom stereocenters. The van der Waals surface area contributed by atoms with E-state index in [9.17, 15) is 4.79 Å². The molecule has 0 aliphatic heterocycles. The molecular weight excluding hydrogens is 430 g/mol. The van der Waals surface area contributed by atoms with Crippen molar-refractivity contribution >= 4 is 11.6 Å². The Kier molecular flexibility index (Phi) is 7.00. The number of fused-ring (bicyclic) bond motifs is 1. The van der Waals surface area contributed by atoms with Gasteiger partial charge in [0.15, 0.2) is 0 Å². The molecule has 0 spiro atoms. The molecule has 0 N–H and O–H groups in total. The predicted octanol–water partition coefficient (Wildman–Crippen LogP) is 6.13. The maximum atomic E-state index is 13.9.